The number of para-hydroxylation sites is 1. The zero-order chi connectivity index (χ0) is 17.6. The number of guanidine groups is 1. The van der Waals surface area contributed by atoms with Gasteiger partial charge in [-0.15, -0.1) is 24.0 Å². The number of fused-ring (bicyclic) bond motifs is 1. The van der Waals surface area contributed by atoms with Crippen LogP contribution in [0.15, 0.2) is 47.5 Å². The van der Waals surface area contributed by atoms with Crippen molar-refractivity contribution in [1.29, 1.82) is 5.26 Å². The van der Waals surface area contributed by atoms with Gasteiger partial charge in [-0.05, 0) is 23.8 Å². The maximum Gasteiger partial charge on any atom is 0.191 e. The summed E-state index contributed by atoms with van der Waals surface area (Å²) in [5.74, 6) is 1.09. The molecule has 0 aromatic heterocycles. The largest absolute Gasteiger partial charge is 0.488 e. The van der Waals surface area contributed by atoms with Crippen LogP contribution in [0.5, 0.6) is 5.75 Å². The van der Waals surface area contributed by atoms with E-state index in [-0.39, 0.29) is 36.6 Å². The molecule has 1 aliphatic heterocycles. The Labute approximate surface area is 169 Å². The first-order valence-electron chi connectivity index (χ1n) is 8.07. The molecule has 5 nitrogen and oxygen atoms in total. The number of nitriles is 1. The SMILES string of the molecule is CN=C(NCc1ccc(C#N)cc1F)NCC1Cc2ccccc2O1.I. The zero-order valence-electron chi connectivity index (χ0n) is 14.3. The summed E-state index contributed by atoms with van der Waals surface area (Å²) in [5.41, 5.74) is 1.99. The molecule has 1 heterocycles. The monoisotopic (exact) mass is 466 g/mol. The Bertz CT molecular complexity index is 810. The van der Waals surface area contributed by atoms with Crippen molar-refractivity contribution in [3.63, 3.8) is 0 Å². The highest BCUT2D eigenvalue weighted by molar-refractivity contribution is 14.0. The average Bonchev–Trinajstić information content (AvgIpc) is 3.05. The highest BCUT2D eigenvalue weighted by Gasteiger charge is 2.22. The van der Waals surface area contributed by atoms with Gasteiger partial charge in [-0.2, -0.15) is 5.26 Å². The Balaban J connectivity index is 0.00000243. The summed E-state index contributed by atoms with van der Waals surface area (Å²) in [6, 6.07) is 14.3. The predicted molar refractivity (Wildman–Crippen MR) is 109 cm³/mol. The Morgan fingerprint density at radius 2 is 2.12 bits per heavy atom. The van der Waals surface area contributed by atoms with Crippen LogP contribution in [0, 0.1) is 17.1 Å². The highest BCUT2D eigenvalue weighted by atomic mass is 127. The molecular formula is C19H20FIN4O. The van der Waals surface area contributed by atoms with Gasteiger partial charge >= 0.3 is 0 Å². The van der Waals surface area contributed by atoms with Crippen LogP contribution in [0.1, 0.15) is 16.7 Å². The first-order valence-corrected chi connectivity index (χ1v) is 8.07. The fourth-order valence-electron chi connectivity index (χ4n) is 2.74. The Hall–Kier alpha value is -2.34. The van der Waals surface area contributed by atoms with Crippen LogP contribution in [0.25, 0.3) is 0 Å². The maximum atomic E-state index is 13.9. The molecule has 0 saturated carbocycles. The average molecular weight is 466 g/mol. The number of nitrogens with zero attached hydrogens (tertiary/aromatic N) is 2. The lowest BCUT2D eigenvalue weighted by atomic mass is 10.1. The topological polar surface area (TPSA) is 69.4 Å². The van der Waals surface area contributed by atoms with Gasteiger partial charge in [0.2, 0.25) is 0 Å². The second kappa shape index (κ2) is 9.38. The third-order valence-electron chi connectivity index (χ3n) is 4.06. The van der Waals surface area contributed by atoms with E-state index in [2.05, 4.69) is 21.7 Å². The van der Waals surface area contributed by atoms with Gasteiger partial charge < -0.3 is 15.4 Å². The van der Waals surface area contributed by atoms with E-state index in [1.54, 1.807) is 19.2 Å². The summed E-state index contributed by atoms with van der Waals surface area (Å²) in [7, 11) is 1.66. The predicted octanol–water partition coefficient (Wildman–Crippen LogP) is 2.98. The standard InChI is InChI=1S/C19H19FN4O.HI/c1-22-19(23-11-15-7-6-13(10-21)8-17(15)20)24-12-16-9-14-4-2-3-5-18(14)25-16;/h2-8,16H,9,11-12H2,1H3,(H2,22,23,24);1H. The van der Waals surface area contributed by atoms with Crippen molar-refractivity contribution < 1.29 is 9.13 Å². The van der Waals surface area contributed by atoms with E-state index in [1.165, 1.54) is 11.6 Å². The van der Waals surface area contributed by atoms with Gasteiger partial charge in [-0.25, -0.2) is 4.39 Å². The molecule has 136 valence electrons. The first kappa shape index (κ1) is 20.0. The lowest BCUT2D eigenvalue weighted by Gasteiger charge is -2.16. The van der Waals surface area contributed by atoms with E-state index in [0.717, 1.165) is 12.2 Å². The molecule has 3 rings (SSSR count). The van der Waals surface area contributed by atoms with Crippen LogP contribution in [-0.4, -0.2) is 25.7 Å². The molecule has 26 heavy (non-hydrogen) atoms. The van der Waals surface area contributed by atoms with Crippen molar-refractivity contribution >= 4 is 29.9 Å². The van der Waals surface area contributed by atoms with Crippen molar-refractivity contribution in [1.82, 2.24) is 10.6 Å². The summed E-state index contributed by atoms with van der Waals surface area (Å²) < 4.78 is 19.8. The molecule has 1 atom stereocenters. The first-order chi connectivity index (χ1) is 12.2. The summed E-state index contributed by atoms with van der Waals surface area (Å²) in [6.07, 6.45) is 0.896. The number of rotatable bonds is 4. The number of hydrogen-bond donors (Lipinski definition) is 2. The lowest BCUT2D eigenvalue weighted by molar-refractivity contribution is 0.235. The van der Waals surface area contributed by atoms with Crippen LogP contribution in [-0.2, 0) is 13.0 Å². The Kier molecular flexibility index (Phi) is 7.21. The fraction of sp³-hybridized carbons (Fsp3) is 0.263. The van der Waals surface area contributed by atoms with E-state index >= 15 is 0 Å². The van der Waals surface area contributed by atoms with Crippen molar-refractivity contribution in [2.45, 2.75) is 19.1 Å². The van der Waals surface area contributed by atoms with E-state index in [0.29, 0.717) is 23.6 Å². The molecule has 1 aliphatic rings. The van der Waals surface area contributed by atoms with Gasteiger partial charge in [-0.1, -0.05) is 24.3 Å². The van der Waals surface area contributed by atoms with Gasteiger partial charge in [0.15, 0.2) is 5.96 Å². The van der Waals surface area contributed by atoms with Crippen LogP contribution in [0.4, 0.5) is 4.39 Å². The lowest BCUT2D eigenvalue weighted by Crippen LogP contribution is -2.42. The van der Waals surface area contributed by atoms with Gasteiger partial charge in [0.25, 0.3) is 0 Å². The van der Waals surface area contributed by atoms with Gasteiger partial charge in [0.1, 0.15) is 17.7 Å². The minimum absolute atomic E-state index is 0. The molecule has 0 aliphatic carbocycles. The maximum absolute atomic E-state index is 13.9. The van der Waals surface area contributed by atoms with Crippen molar-refractivity contribution in [3.8, 4) is 11.8 Å². The second-order valence-electron chi connectivity index (χ2n) is 5.78. The number of benzene rings is 2. The van der Waals surface area contributed by atoms with E-state index in [1.807, 2.05) is 24.3 Å². The third-order valence-corrected chi connectivity index (χ3v) is 4.06. The molecule has 0 amide bonds. The number of hydrogen-bond acceptors (Lipinski definition) is 3. The van der Waals surface area contributed by atoms with E-state index < -0.39 is 5.82 Å². The molecule has 7 heteroatoms. The van der Waals surface area contributed by atoms with E-state index in [9.17, 15) is 4.39 Å². The zero-order valence-corrected chi connectivity index (χ0v) is 16.7. The van der Waals surface area contributed by atoms with Gasteiger partial charge in [0, 0.05) is 25.6 Å². The van der Waals surface area contributed by atoms with Gasteiger partial charge in [-0.3, -0.25) is 4.99 Å². The molecule has 0 bridgehead atoms. The molecule has 0 saturated heterocycles. The van der Waals surface area contributed by atoms with E-state index in [4.69, 9.17) is 10.00 Å². The Morgan fingerprint density at radius 1 is 1.31 bits per heavy atom. The summed E-state index contributed by atoms with van der Waals surface area (Å²) in [6.45, 7) is 0.882. The molecule has 1 unspecified atom stereocenters. The summed E-state index contributed by atoms with van der Waals surface area (Å²) in [5, 5.41) is 15.0. The van der Waals surface area contributed by atoms with Crippen molar-refractivity contribution in [2.75, 3.05) is 13.6 Å². The van der Waals surface area contributed by atoms with Crippen LogP contribution < -0.4 is 15.4 Å². The third kappa shape index (κ3) is 4.85. The highest BCUT2D eigenvalue weighted by Crippen LogP contribution is 2.27. The molecule has 2 N–H and O–H groups in total. The van der Waals surface area contributed by atoms with Crippen LogP contribution in [0.3, 0.4) is 0 Å². The number of halogens is 2. The molecule has 0 radical (unpaired) electrons. The number of ether oxygens (including phenoxy) is 1. The van der Waals surface area contributed by atoms with Crippen molar-refractivity contribution in [2.24, 2.45) is 4.99 Å². The molecular weight excluding hydrogens is 446 g/mol. The number of nitrogens with one attached hydrogen (secondary N) is 2. The summed E-state index contributed by atoms with van der Waals surface area (Å²) in [4.78, 5) is 4.14. The number of aliphatic imine (C=N–C) groups is 1. The molecule has 0 fully saturated rings. The summed E-state index contributed by atoms with van der Waals surface area (Å²) >= 11 is 0. The normalized spacial score (nSPS) is 15.3. The smallest absolute Gasteiger partial charge is 0.191 e. The fourth-order valence-corrected chi connectivity index (χ4v) is 2.74. The Morgan fingerprint density at radius 3 is 2.81 bits per heavy atom. The van der Waals surface area contributed by atoms with Crippen LogP contribution in [0.2, 0.25) is 0 Å². The minimum Gasteiger partial charge on any atom is -0.488 e. The minimum atomic E-state index is -0.406. The van der Waals surface area contributed by atoms with Crippen molar-refractivity contribution in [3.05, 3.63) is 65.0 Å². The molecule has 2 aromatic rings. The van der Waals surface area contributed by atoms with Gasteiger partial charge in [0.05, 0.1) is 18.2 Å². The second-order valence-corrected chi connectivity index (χ2v) is 5.78. The molecule has 2 aromatic carbocycles. The molecule has 0 spiro atoms. The van der Waals surface area contributed by atoms with Crippen LogP contribution >= 0.6 is 24.0 Å². The quantitative estimate of drug-likeness (QED) is 0.413.